The lowest BCUT2D eigenvalue weighted by Gasteiger charge is -2.24. The van der Waals surface area contributed by atoms with Gasteiger partial charge in [-0.05, 0) is 52.3 Å². The maximum absolute atomic E-state index is 12.4. The maximum Gasteiger partial charge on any atom is 0.241 e. The van der Waals surface area contributed by atoms with E-state index in [4.69, 9.17) is 0 Å². The monoisotopic (exact) mass is 272 g/mol. The second-order valence-corrected chi connectivity index (χ2v) is 5.76. The minimum absolute atomic E-state index is 0.00417. The molecule has 3 nitrogen and oxygen atoms in total. The molecule has 1 heterocycles. The van der Waals surface area contributed by atoms with Crippen LogP contribution in [0.3, 0.4) is 0 Å². The summed E-state index contributed by atoms with van der Waals surface area (Å²) in [5, 5.41) is 3.02. The highest BCUT2D eigenvalue weighted by molar-refractivity contribution is 5.95. The normalized spacial score (nSPS) is 18.9. The van der Waals surface area contributed by atoms with E-state index in [-0.39, 0.29) is 11.9 Å². The fourth-order valence-corrected chi connectivity index (χ4v) is 2.52. The Bertz CT molecular complexity index is 489. The van der Waals surface area contributed by atoms with Crippen LogP contribution in [-0.4, -0.2) is 29.9 Å². The number of nitrogens with zero attached hydrogens (tertiary/aromatic N) is 1. The molecule has 20 heavy (non-hydrogen) atoms. The molecule has 1 amide bonds. The molecule has 108 valence electrons. The Morgan fingerprint density at radius 1 is 1.25 bits per heavy atom. The van der Waals surface area contributed by atoms with Crippen LogP contribution in [0.4, 0.5) is 5.69 Å². The lowest BCUT2D eigenvalue weighted by atomic mass is 10.1. The van der Waals surface area contributed by atoms with E-state index < -0.39 is 0 Å². The quantitative estimate of drug-likeness (QED) is 0.851. The van der Waals surface area contributed by atoms with Crippen LogP contribution in [0.15, 0.2) is 41.5 Å². The van der Waals surface area contributed by atoms with Gasteiger partial charge >= 0.3 is 0 Å². The zero-order valence-electron chi connectivity index (χ0n) is 12.6. The van der Waals surface area contributed by atoms with Gasteiger partial charge in [-0.25, -0.2) is 0 Å². The lowest BCUT2D eigenvalue weighted by Crippen LogP contribution is -2.40. The molecule has 0 saturated carbocycles. The van der Waals surface area contributed by atoms with Crippen molar-refractivity contribution in [3.63, 3.8) is 0 Å². The first-order valence-corrected chi connectivity index (χ1v) is 7.31. The van der Waals surface area contributed by atoms with Gasteiger partial charge in [-0.1, -0.05) is 29.3 Å². The molecule has 1 saturated heterocycles. The Hall–Kier alpha value is -1.61. The minimum Gasteiger partial charge on any atom is -0.325 e. The number of carbonyl (C=O) groups excluding carboxylic acids is 1. The summed E-state index contributed by atoms with van der Waals surface area (Å²) >= 11 is 0. The van der Waals surface area contributed by atoms with Crippen molar-refractivity contribution in [3.05, 3.63) is 41.5 Å². The van der Waals surface area contributed by atoms with Crippen LogP contribution in [0.25, 0.3) is 0 Å². The Kier molecular flexibility index (Phi) is 4.96. The number of para-hydroxylation sites is 1. The van der Waals surface area contributed by atoms with E-state index in [9.17, 15) is 4.79 Å². The smallest absolute Gasteiger partial charge is 0.241 e. The van der Waals surface area contributed by atoms with E-state index in [1.165, 1.54) is 11.1 Å². The molecule has 0 aromatic heterocycles. The highest BCUT2D eigenvalue weighted by atomic mass is 16.2. The zero-order valence-corrected chi connectivity index (χ0v) is 12.6. The van der Waals surface area contributed by atoms with E-state index in [1.54, 1.807) is 0 Å². The number of benzene rings is 1. The van der Waals surface area contributed by atoms with Crippen molar-refractivity contribution in [2.75, 3.05) is 18.4 Å². The molecule has 1 aromatic rings. The molecule has 3 heteroatoms. The van der Waals surface area contributed by atoms with Crippen molar-refractivity contribution < 1.29 is 4.79 Å². The number of hydrogen-bond acceptors (Lipinski definition) is 2. The molecule has 1 aliphatic heterocycles. The Morgan fingerprint density at radius 2 is 1.95 bits per heavy atom. The second kappa shape index (κ2) is 6.71. The van der Waals surface area contributed by atoms with Crippen LogP contribution in [0, 0.1) is 0 Å². The summed E-state index contributed by atoms with van der Waals surface area (Å²) in [7, 11) is 0. The largest absolute Gasteiger partial charge is 0.325 e. The average Bonchev–Trinajstić information content (AvgIpc) is 2.88. The van der Waals surface area contributed by atoms with Crippen LogP contribution in [0.2, 0.25) is 0 Å². The molecule has 1 atom stereocenters. The van der Waals surface area contributed by atoms with Crippen LogP contribution in [-0.2, 0) is 4.79 Å². The molecular weight excluding hydrogens is 248 g/mol. The third kappa shape index (κ3) is 3.70. The van der Waals surface area contributed by atoms with Gasteiger partial charge in [0.1, 0.15) is 0 Å². The minimum atomic E-state index is 0.00417. The van der Waals surface area contributed by atoms with Gasteiger partial charge < -0.3 is 5.32 Å². The summed E-state index contributed by atoms with van der Waals surface area (Å²) in [5.74, 6) is 0.121. The van der Waals surface area contributed by atoms with Gasteiger partial charge in [-0.3, -0.25) is 9.69 Å². The molecular formula is C17H24N2O. The van der Waals surface area contributed by atoms with E-state index >= 15 is 0 Å². The third-order valence-electron chi connectivity index (χ3n) is 4.00. The highest BCUT2D eigenvalue weighted by Crippen LogP contribution is 2.21. The molecule has 0 spiro atoms. The fraction of sp³-hybridized carbons (Fsp3) is 0.471. The molecule has 0 radical (unpaired) electrons. The van der Waals surface area contributed by atoms with Crippen LogP contribution in [0.5, 0.6) is 0 Å². The molecule has 1 aromatic carbocycles. The molecule has 0 bridgehead atoms. The number of likely N-dealkylation sites (tertiary alicyclic amines) is 1. The standard InChI is InChI=1S/C17H24N2O/c1-13(2)14(3)12-19-11-7-10-16(19)17(20)18-15-8-5-4-6-9-15/h4-6,8-9,16H,7,10-12H2,1-3H3,(H,18,20)/t16-/m0/s1. The van der Waals surface area contributed by atoms with E-state index in [0.717, 1.165) is 31.6 Å². The van der Waals surface area contributed by atoms with E-state index in [2.05, 4.69) is 31.0 Å². The number of amides is 1. The van der Waals surface area contributed by atoms with Crippen molar-refractivity contribution >= 4 is 11.6 Å². The highest BCUT2D eigenvalue weighted by Gasteiger charge is 2.30. The van der Waals surface area contributed by atoms with Crippen molar-refractivity contribution in [3.8, 4) is 0 Å². The fourth-order valence-electron chi connectivity index (χ4n) is 2.52. The van der Waals surface area contributed by atoms with Gasteiger partial charge in [0, 0.05) is 12.2 Å². The number of nitrogens with one attached hydrogen (secondary N) is 1. The Morgan fingerprint density at radius 3 is 2.60 bits per heavy atom. The number of allylic oxidation sites excluding steroid dienone is 1. The van der Waals surface area contributed by atoms with Crippen LogP contribution < -0.4 is 5.32 Å². The predicted octanol–water partition coefficient (Wildman–Crippen LogP) is 3.45. The topological polar surface area (TPSA) is 32.3 Å². The van der Waals surface area contributed by atoms with Gasteiger partial charge in [0.25, 0.3) is 0 Å². The van der Waals surface area contributed by atoms with E-state index in [1.807, 2.05) is 30.3 Å². The average molecular weight is 272 g/mol. The summed E-state index contributed by atoms with van der Waals surface area (Å²) in [6, 6.07) is 9.70. The second-order valence-electron chi connectivity index (χ2n) is 5.76. The van der Waals surface area contributed by atoms with Gasteiger partial charge in [0.05, 0.1) is 6.04 Å². The van der Waals surface area contributed by atoms with Crippen molar-refractivity contribution in [1.29, 1.82) is 0 Å². The number of hydrogen-bond donors (Lipinski definition) is 1. The Balaban J connectivity index is 2.00. The van der Waals surface area contributed by atoms with Crippen molar-refractivity contribution in [2.45, 2.75) is 39.7 Å². The first-order valence-electron chi connectivity index (χ1n) is 7.31. The third-order valence-corrected chi connectivity index (χ3v) is 4.00. The van der Waals surface area contributed by atoms with Gasteiger partial charge in [0.15, 0.2) is 0 Å². The van der Waals surface area contributed by atoms with Crippen molar-refractivity contribution in [2.24, 2.45) is 0 Å². The molecule has 0 aliphatic carbocycles. The van der Waals surface area contributed by atoms with Gasteiger partial charge in [-0.2, -0.15) is 0 Å². The maximum atomic E-state index is 12.4. The predicted molar refractivity (Wildman–Crippen MR) is 83.7 cm³/mol. The Labute approximate surface area is 121 Å². The van der Waals surface area contributed by atoms with Gasteiger partial charge in [-0.15, -0.1) is 0 Å². The first-order chi connectivity index (χ1) is 9.58. The van der Waals surface area contributed by atoms with Crippen LogP contribution >= 0.6 is 0 Å². The van der Waals surface area contributed by atoms with Crippen LogP contribution in [0.1, 0.15) is 33.6 Å². The number of anilines is 1. The van der Waals surface area contributed by atoms with Crippen molar-refractivity contribution in [1.82, 2.24) is 4.90 Å². The summed E-state index contributed by atoms with van der Waals surface area (Å²) in [5.41, 5.74) is 3.59. The number of carbonyl (C=O) groups is 1. The summed E-state index contributed by atoms with van der Waals surface area (Å²) in [6.07, 6.45) is 2.05. The summed E-state index contributed by atoms with van der Waals surface area (Å²) in [4.78, 5) is 14.7. The molecule has 2 rings (SSSR count). The zero-order chi connectivity index (χ0) is 14.5. The molecule has 1 aliphatic rings. The molecule has 1 fully saturated rings. The molecule has 1 N–H and O–H groups in total. The van der Waals surface area contributed by atoms with Gasteiger partial charge in [0.2, 0.25) is 5.91 Å². The summed E-state index contributed by atoms with van der Waals surface area (Å²) < 4.78 is 0. The molecule has 0 unspecified atom stereocenters. The van der Waals surface area contributed by atoms with E-state index in [0.29, 0.717) is 0 Å². The summed E-state index contributed by atoms with van der Waals surface area (Å²) in [6.45, 7) is 8.32. The number of rotatable bonds is 4. The first kappa shape index (κ1) is 14.8. The lowest BCUT2D eigenvalue weighted by molar-refractivity contribution is -0.120. The SMILES string of the molecule is CC(C)=C(C)CN1CCC[C@H]1C(=O)Nc1ccccc1.